The summed E-state index contributed by atoms with van der Waals surface area (Å²) >= 11 is 1.24. The van der Waals surface area contributed by atoms with Crippen LogP contribution in [0.5, 0.6) is 0 Å². The lowest BCUT2D eigenvalue weighted by Crippen LogP contribution is -2.50. The van der Waals surface area contributed by atoms with E-state index in [9.17, 15) is 9.59 Å². The molecule has 0 amide bonds. The molecule has 6 nitrogen and oxygen atoms in total. The van der Waals surface area contributed by atoms with Crippen LogP contribution in [0.4, 0.5) is 0 Å². The molecular weight excluding hydrogens is 474 g/mol. The van der Waals surface area contributed by atoms with Gasteiger partial charge in [-0.05, 0) is 61.1 Å². The number of ether oxygens (including phenoxy) is 2. The van der Waals surface area contributed by atoms with Gasteiger partial charge in [-0.2, -0.15) is 0 Å². The zero-order valence-electron chi connectivity index (χ0n) is 23.2. The molecule has 204 valence electrons. The third-order valence-corrected chi connectivity index (χ3v) is 8.80. The molecule has 4 atom stereocenters. The second kappa shape index (κ2) is 15.2. The van der Waals surface area contributed by atoms with Crippen molar-refractivity contribution in [3.63, 3.8) is 0 Å². The number of aromatic nitrogens is 1. The smallest absolute Gasteiger partial charge is 0.185 e. The molecule has 0 radical (unpaired) electrons. The normalized spacial score (nSPS) is 20.0. The van der Waals surface area contributed by atoms with Gasteiger partial charge in [0.15, 0.2) is 10.9 Å². The summed E-state index contributed by atoms with van der Waals surface area (Å²) in [6.45, 7) is 9.57. The second-order valence-electron chi connectivity index (χ2n) is 10.8. The SMILES string of the molecule is CC[C@@H](C)CO.COCOC(Cc1nccc2c1CC(CCC1CC1)C2)(C(C)=O)C(C)CSC(C)=O. The number of thioether (sulfide) groups is 1. The van der Waals surface area contributed by atoms with Crippen molar-refractivity contribution in [2.24, 2.45) is 23.7 Å². The van der Waals surface area contributed by atoms with Crippen LogP contribution < -0.4 is 0 Å². The van der Waals surface area contributed by atoms with Crippen LogP contribution >= 0.6 is 11.8 Å². The number of hydrogen-bond donors (Lipinski definition) is 1. The Labute approximate surface area is 222 Å². The molecule has 1 N–H and O–H groups in total. The van der Waals surface area contributed by atoms with Gasteiger partial charge in [-0.25, -0.2) is 0 Å². The second-order valence-corrected chi connectivity index (χ2v) is 12.0. The van der Waals surface area contributed by atoms with E-state index in [1.807, 2.05) is 20.0 Å². The minimum absolute atomic E-state index is 0.0354. The van der Waals surface area contributed by atoms with Gasteiger partial charge < -0.3 is 14.6 Å². The average Bonchev–Trinajstić information content (AvgIpc) is 3.60. The fourth-order valence-electron chi connectivity index (χ4n) is 4.79. The fourth-order valence-corrected chi connectivity index (χ4v) is 5.54. The molecule has 0 aliphatic heterocycles. The van der Waals surface area contributed by atoms with Gasteiger partial charge in [0.1, 0.15) is 12.4 Å². The average molecular weight is 522 g/mol. The summed E-state index contributed by atoms with van der Waals surface area (Å²) in [6.07, 6.45) is 11.0. The number of aliphatic hydroxyl groups excluding tert-OH is 1. The number of pyridine rings is 1. The predicted molar refractivity (Wildman–Crippen MR) is 146 cm³/mol. The van der Waals surface area contributed by atoms with Gasteiger partial charge in [0, 0.05) is 50.6 Å². The van der Waals surface area contributed by atoms with Gasteiger partial charge in [0.05, 0.1) is 0 Å². The molecule has 2 aliphatic rings. The van der Waals surface area contributed by atoms with Crippen LogP contribution in [-0.4, -0.2) is 52.9 Å². The number of ketones is 1. The van der Waals surface area contributed by atoms with Crippen LogP contribution in [0.3, 0.4) is 0 Å². The fraction of sp³-hybridized carbons (Fsp3) is 0.759. The number of methoxy groups -OCH3 is 1. The van der Waals surface area contributed by atoms with Gasteiger partial charge in [-0.3, -0.25) is 14.6 Å². The Morgan fingerprint density at radius 3 is 2.42 bits per heavy atom. The molecular formula is C29H47NO5S. The highest BCUT2D eigenvalue weighted by molar-refractivity contribution is 8.13. The van der Waals surface area contributed by atoms with E-state index in [1.54, 1.807) is 21.0 Å². The maximum absolute atomic E-state index is 12.9. The molecule has 0 bridgehead atoms. The van der Waals surface area contributed by atoms with Gasteiger partial charge in [-0.15, -0.1) is 0 Å². The Balaban J connectivity index is 0.000000678. The summed E-state index contributed by atoms with van der Waals surface area (Å²) in [5, 5.41) is 8.38. The van der Waals surface area contributed by atoms with E-state index in [0.717, 1.165) is 30.9 Å². The monoisotopic (exact) mass is 521 g/mol. The third kappa shape index (κ3) is 9.23. The highest BCUT2D eigenvalue weighted by Crippen LogP contribution is 2.39. The van der Waals surface area contributed by atoms with E-state index in [0.29, 0.717) is 30.6 Å². The quantitative estimate of drug-likeness (QED) is 0.327. The van der Waals surface area contributed by atoms with Crippen LogP contribution in [0.2, 0.25) is 0 Å². The Bertz CT molecular complexity index is 839. The summed E-state index contributed by atoms with van der Waals surface area (Å²) < 4.78 is 11.2. The summed E-state index contributed by atoms with van der Waals surface area (Å²) in [4.78, 5) is 29.1. The first-order chi connectivity index (χ1) is 17.2. The molecule has 36 heavy (non-hydrogen) atoms. The first-order valence-corrected chi connectivity index (χ1v) is 14.5. The van der Waals surface area contributed by atoms with Gasteiger partial charge in [0.25, 0.3) is 0 Å². The summed E-state index contributed by atoms with van der Waals surface area (Å²) in [5.41, 5.74) is 2.59. The minimum Gasteiger partial charge on any atom is -0.396 e. The standard InChI is InChI=1S/C24H35NO4S.C5H12O/c1-16(14-30-18(3)27)24(17(2)26,29-15-28-4)13-23-22-12-20(8-7-19-5-6-19)11-21(22)9-10-25-23;1-3-5(2)4-6/h9-10,16,19-20H,5-8,11-15H2,1-4H3;5-6H,3-4H2,1-2H3/t;5-/m.1/s1. The largest absolute Gasteiger partial charge is 0.396 e. The maximum atomic E-state index is 12.9. The first kappa shape index (κ1) is 30.9. The van der Waals surface area contributed by atoms with Crippen molar-refractivity contribution in [2.45, 2.75) is 91.6 Å². The number of carbonyl (C=O) groups excluding carboxylic acids is 2. The maximum Gasteiger partial charge on any atom is 0.185 e. The Kier molecular flexibility index (Phi) is 13.1. The zero-order chi connectivity index (χ0) is 26.7. The molecule has 1 aromatic heterocycles. The van der Waals surface area contributed by atoms with E-state index in [4.69, 9.17) is 19.6 Å². The molecule has 3 rings (SSSR count). The Morgan fingerprint density at radius 2 is 1.89 bits per heavy atom. The Morgan fingerprint density at radius 1 is 1.19 bits per heavy atom. The van der Waals surface area contributed by atoms with E-state index in [1.165, 1.54) is 48.6 Å². The van der Waals surface area contributed by atoms with Crippen molar-refractivity contribution in [2.75, 3.05) is 26.3 Å². The van der Waals surface area contributed by atoms with E-state index in [2.05, 4.69) is 13.0 Å². The van der Waals surface area contributed by atoms with Gasteiger partial charge >= 0.3 is 0 Å². The minimum atomic E-state index is -1.05. The number of hydrogen-bond acceptors (Lipinski definition) is 7. The summed E-state index contributed by atoms with van der Waals surface area (Å²) in [5.74, 6) is 2.46. The molecule has 2 aliphatic carbocycles. The molecule has 1 heterocycles. The Hall–Kier alpha value is -1.28. The zero-order valence-corrected chi connectivity index (χ0v) is 24.0. The van der Waals surface area contributed by atoms with Crippen molar-refractivity contribution >= 4 is 22.7 Å². The number of aliphatic hydroxyl groups is 1. The van der Waals surface area contributed by atoms with Crippen molar-refractivity contribution < 1.29 is 24.2 Å². The first-order valence-electron chi connectivity index (χ1n) is 13.5. The van der Waals surface area contributed by atoms with Crippen LogP contribution in [0.25, 0.3) is 0 Å². The molecule has 1 saturated carbocycles. The van der Waals surface area contributed by atoms with Gasteiger partial charge in [0.2, 0.25) is 0 Å². The highest BCUT2D eigenvalue weighted by Gasteiger charge is 2.44. The molecule has 1 aromatic rings. The molecule has 1 fully saturated rings. The van der Waals surface area contributed by atoms with Crippen LogP contribution in [0.15, 0.2) is 12.3 Å². The predicted octanol–water partition coefficient (Wildman–Crippen LogP) is 5.42. The van der Waals surface area contributed by atoms with Crippen molar-refractivity contribution in [3.05, 3.63) is 29.1 Å². The van der Waals surface area contributed by atoms with Crippen LogP contribution in [0.1, 0.15) is 83.5 Å². The van der Waals surface area contributed by atoms with Crippen LogP contribution in [0, 0.1) is 23.7 Å². The lowest BCUT2D eigenvalue weighted by molar-refractivity contribution is -0.171. The number of carbonyl (C=O) groups is 2. The van der Waals surface area contributed by atoms with E-state index in [-0.39, 0.29) is 23.6 Å². The number of fused-ring (bicyclic) bond motifs is 1. The van der Waals surface area contributed by atoms with Crippen molar-refractivity contribution in [1.82, 2.24) is 4.98 Å². The third-order valence-electron chi connectivity index (χ3n) is 7.73. The van der Waals surface area contributed by atoms with E-state index >= 15 is 0 Å². The summed E-state index contributed by atoms with van der Waals surface area (Å²) in [7, 11) is 1.56. The van der Waals surface area contributed by atoms with Crippen LogP contribution in [-0.2, 0) is 38.3 Å². The number of rotatable bonds is 14. The lowest BCUT2D eigenvalue weighted by atomic mass is 9.81. The summed E-state index contributed by atoms with van der Waals surface area (Å²) in [6, 6.07) is 2.14. The van der Waals surface area contributed by atoms with Crippen molar-refractivity contribution in [3.8, 4) is 0 Å². The molecule has 7 heteroatoms. The van der Waals surface area contributed by atoms with E-state index < -0.39 is 5.60 Å². The molecule has 3 unspecified atom stereocenters. The lowest BCUT2D eigenvalue weighted by Gasteiger charge is -2.36. The number of Topliss-reactive ketones (excluding diaryl/α,β-unsaturated/α-hetero) is 1. The molecule has 0 aromatic carbocycles. The van der Waals surface area contributed by atoms with Crippen molar-refractivity contribution in [1.29, 1.82) is 0 Å². The topological polar surface area (TPSA) is 85.7 Å². The molecule has 0 saturated heterocycles. The number of nitrogens with zero attached hydrogens (tertiary/aromatic N) is 1. The highest BCUT2D eigenvalue weighted by atomic mass is 32.2. The van der Waals surface area contributed by atoms with Gasteiger partial charge in [-0.1, -0.05) is 58.2 Å². The molecule has 0 spiro atoms.